The van der Waals surface area contributed by atoms with Crippen LogP contribution in [0.25, 0.3) is 0 Å². The second-order valence-corrected chi connectivity index (χ2v) is 7.28. The van der Waals surface area contributed by atoms with E-state index in [1.807, 2.05) is 30.4 Å². The summed E-state index contributed by atoms with van der Waals surface area (Å²) in [6.45, 7) is 7.28. The molecule has 5 heteroatoms. The minimum Gasteiger partial charge on any atom is -0.310 e. The van der Waals surface area contributed by atoms with E-state index in [9.17, 15) is 0 Å². The van der Waals surface area contributed by atoms with Crippen molar-refractivity contribution in [1.82, 2.24) is 15.1 Å². The Morgan fingerprint density at radius 3 is 2.48 bits per heavy atom. The van der Waals surface area contributed by atoms with Crippen LogP contribution < -0.4 is 5.32 Å². The number of hydrogen-bond donors (Lipinski definition) is 1. The first-order valence-corrected chi connectivity index (χ1v) is 8.88. The third-order valence-corrected chi connectivity index (χ3v) is 5.33. The predicted molar refractivity (Wildman–Crippen MR) is 93.6 cm³/mol. The smallest absolute Gasteiger partial charge is 0.0738 e. The number of nitrogens with zero attached hydrogens (tertiary/aromatic N) is 2. The van der Waals surface area contributed by atoms with Crippen molar-refractivity contribution in [3.8, 4) is 0 Å². The highest BCUT2D eigenvalue weighted by atomic mass is 79.9. The summed E-state index contributed by atoms with van der Waals surface area (Å²) in [5, 5.41) is 7.86. The summed E-state index contributed by atoms with van der Waals surface area (Å²) in [5.74, 6) is 0.918. The molecule has 2 aromatic rings. The fourth-order valence-electron chi connectivity index (χ4n) is 2.01. The summed E-state index contributed by atoms with van der Waals surface area (Å²) in [6.07, 6.45) is 0. The van der Waals surface area contributed by atoms with Gasteiger partial charge in [-0.2, -0.15) is 5.10 Å². The Hall–Kier alpha value is -0.780. The van der Waals surface area contributed by atoms with Gasteiger partial charge < -0.3 is 5.32 Å². The van der Waals surface area contributed by atoms with E-state index in [1.165, 1.54) is 16.2 Å². The number of halogens is 1. The minimum atomic E-state index is 0.518. The third kappa shape index (κ3) is 4.59. The van der Waals surface area contributed by atoms with Gasteiger partial charge in [-0.25, -0.2) is 0 Å². The molecule has 1 N–H and O–H groups in total. The van der Waals surface area contributed by atoms with Crippen molar-refractivity contribution in [1.29, 1.82) is 0 Å². The van der Waals surface area contributed by atoms with Crippen molar-refractivity contribution in [2.45, 2.75) is 44.0 Å². The summed E-state index contributed by atoms with van der Waals surface area (Å²) in [4.78, 5) is 1.29. The molecule has 0 aliphatic carbocycles. The highest BCUT2D eigenvalue weighted by Gasteiger charge is 2.10. The van der Waals surface area contributed by atoms with Crippen molar-refractivity contribution in [3.05, 3.63) is 45.7 Å². The lowest BCUT2D eigenvalue weighted by Gasteiger charge is -2.09. The van der Waals surface area contributed by atoms with Crippen LogP contribution in [0.15, 0.2) is 33.6 Å². The third-order valence-electron chi connectivity index (χ3n) is 3.27. The molecule has 0 aliphatic heterocycles. The lowest BCUT2D eigenvalue weighted by atomic mass is 10.2. The van der Waals surface area contributed by atoms with Gasteiger partial charge >= 0.3 is 0 Å². The van der Waals surface area contributed by atoms with E-state index in [0.717, 1.165) is 22.5 Å². The van der Waals surface area contributed by atoms with Gasteiger partial charge in [0.25, 0.3) is 0 Å². The van der Waals surface area contributed by atoms with E-state index < -0.39 is 0 Å². The summed E-state index contributed by atoms with van der Waals surface area (Å²) >= 11 is 5.45. The van der Waals surface area contributed by atoms with E-state index in [2.05, 4.69) is 64.5 Å². The first-order chi connectivity index (χ1) is 9.97. The van der Waals surface area contributed by atoms with Crippen LogP contribution in [-0.2, 0) is 19.3 Å². The van der Waals surface area contributed by atoms with Gasteiger partial charge in [-0.3, -0.25) is 4.68 Å². The van der Waals surface area contributed by atoms with Crippen LogP contribution in [0, 0.1) is 6.92 Å². The monoisotopic (exact) mass is 367 g/mol. The van der Waals surface area contributed by atoms with Crippen molar-refractivity contribution in [3.63, 3.8) is 0 Å². The zero-order valence-corrected chi connectivity index (χ0v) is 15.4. The largest absolute Gasteiger partial charge is 0.310 e. The average Bonchev–Trinajstić information content (AvgIpc) is 2.69. The number of benzene rings is 1. The van der Waals surface area contributed by atoms with E-state index in [-0.39, 0.29) is 0 Å². The van der Waals surface area contributed by atoms with Crippen LogP contribution in [0.3, 0.4) is 0 Å². The van der Waals surface area contributed by atoms with Crippen LogP contribution in [0.1, 0.15) is 30.8 Å². The van der Waals surface area contributed by atoms with Crippen LogP contribution in [-0.4, -0.2) is 15.8 Å². The molecule has 0 aliphatic rings. The molecule has 1 aromatic heterocycles. The maximum absolute atomic E-state index is 4.43. The topological polar surface area (TPSA) is 29.9 Å². The molecule has 2 rings (SSSR count). The number of aryl methyl sites for hydroxylation is 2. The Morgan fingerprint density at radius 1 is 1.29 bits per heavy atom. The number of hydrogen-bond acceptors (Lipinski definition) is 3. The highest BCUT2D eigenvalue weighted by molar-refractivity contribution is 9.10. The number of aromatic nitrogens is 2. The maximum Gasteiger partial charge on any atom is 0.0738 e. The fourth-order valence-corrected chi connectivity index (χ4v) is 3.64. The van der Waals surface area contributed by atoms with Gasteiger partial charge in [0.15, 0.2) is 0 Å². The molecule has 1 heterocycles. The van der Waals surface area contributed by atoms with E-state index >= 15 is 0 Å². The Balaban J connectivity index is 1.94. The zero-order valence-electron chi connectivity index (χ0n) is 13.0. The van der Waals surface area contributed by atoms with Crippen LogP contribution in [0.4, 0.5) is 0 Å². The quantitative estimate of drug-likeness (QED) is 0.772. The Kier molecular flexibility index (Phi) is 5.90. The molecule has 3 nitrogen and oxygen atoms in total. The standard InChI is InChI=1S/C16H22BrN3S/c1-11(2)18-9-13-5-7-14(8-6-13)21-10-15-16(17)12(3)19-20(15)4/h5-8,11,18H,9-10H2,1-4H3. The average molecular weight is 368 g/mol. The Labute approximate surface area is 139 Å². The zero-order chi connectivity index (χ0) is 15.4. The Morgan fingerprint density at radius 2 is 1.95 bits per heavy atom. The molecule has 0 saturated carbocycles. The van der Waals surface area contributed by atoms with Crippen LogP contribution >= 0.6 is 27.7 Å². The number of thioether (sulfide) groups is 1. The van der Waals surface area contributed by atoms with Crippen LogP contribution in [0.2, 0.25) is 0 Å². The molecule has 0 fully saturated rings. The SMILES string of the molecule is Cc1nn(C)c(CSc2ccc(CNC(C)C)cc2)c1Br. The summed E-state index contributed by atoms with van der Waals surface area (Å²) in [7, 11) is 1.99. The van der Waals surface area contributed by atoms with Gasteiger partial charge in [0.2, 0.25) is 0 Å². The van der Waals surface area contributed by atoms with Gasteiger partial charge in [-0.05, 0) is 40.5 Å². The molecule has 0 bridgehead atoms. The van der Waals surface area contributed by atoms with E-state index in [1.54, 1.807) is 0 Å². The first kappa shape index (κ1) is 16.6. The van der Waals surface area contributed by atoms with Gasteiger partial charge in [0, 0.05) is 30.3 Å². The van der Waals surface area contributed by atoms with Gasteiger partial charge in [0.1, 0.15) is 0 Å². The molecule has 0 spiro atoms. The van der Waals surface area contributed by atoms with Gasteiger partial charge in [-0.15, -0.1) is 11.8 Å². The molecule has 0 unspecified atom stereocenters. The molecule has 0 saturated heterocycles. The first-order valence-electron chi connectivity index (χ1n) is 7.10. The normalized spacial score (nSPS) is 11.3. The molecule has 114 valence electrons. The highest BCUT2D eigenvalue weighted by Crippen LogP contribution is 2.28. The number of rotatable bonds is 6. The summed E-state index contributed by atoms with van der Waals surface area (Å²) < 4.78 is 3.07. The Bertz CT molecular complexity index is 590. The number of nitrogens with one attached hydrogen (secondary N) is 1. The molecule has 0 radical (unpaired) electrons. The van der Waals surface area contributed by atoms with Crippen molar-refractivity contribution < 1.29 is 0 Å². The van der Waals surface area contributed by atoms with E-state index in [4.69, 9.17) is 0 Å². The summed E-state index contributed by atoms with van der Waals surface area (Å²) in [6, 6.07) is 9.30. The molecular weight excluding hydrogens is 346 g/mol. The second kappa shape index (κ2) is 7.47. The molecule has 0 amide bonds. The lowest BCUT2D eigenvalue weighted by Crippen LogP contribution is -2.21. The second-order valence-electron chi connectivity index (χ2n) is 5.44. The fraction of sp³-hybridized carbons (Fsp3) is 0.438. The molecule has 21 heavy (non-hydrogen) atoms. The molecular formula is C16H22BrN3S. The van der Waals surface area contributed by atoms with Crippen LogP contribution in [0.5, 0.6) is 0 Å². The van der Waals surface area contributed by atoms with Crippen molar-refractivity contribution in [2.24, 2.45) is 7.05 Å². The van der Waals surface area contributed by atoms with Crippen molar-refractivity contribution in [2.75, 3.05) is 0 Å². The van der Waals surface area contributed by atoms with Gasteiger partial charge in [-0.1, -0.05) is 26.0 Å². The predicted octanol–water partition coefficient (Wildman–Crippen LogP) is 4.28. The lowest BCUT2D eigenvalue weighted by molar-refractivity contribution is 0.588. The summed E-state index contributed by atoms with van der Waals surface area (Å²) in [5.41, 5.74) is 3.59. The van der Waals surface area contributed by atoms with E-state index in [0.29, 0.717) is 6.04 Å². The van der Waals surface area contributed by atoms with Gasteiger partial charge in [0.05, 0.1) is 15.9 Å². The molecule has 1 aromatic carbocycles. The molecule has 0 atom stereocenters. The minimum absolute atomic E-state index is 0.518. The van der Waals surface area contributed by atoms with Crippen molar-refractivity contribution >= 4 is 27.7 Å². The maximum atomic E-state index is 4.43.